The lowest BCUT2D eigenvalue weighted by Crippen LogP contribution is -2.30. The van der Waals surface area contributed by atoms with Crippen LogP contribution >= 0.6 is 0 Å². The van der Waals surface area contributed by atoms with Crippen molar-refractivity contribution in [3.8, 4) is 5.75 Å². The molecule has 0 aliphatic rings. The van der Waals surface area contributed by atoms with Gasteiger partial charge < -0.3 is 10.1 Å². The highest BCUT2D eigenvalue weighted by Gasteiger charge is 2.11. The first-order chi connectivity index (χ1) is 10.1. The van der Waals surface area contributed by atoms with Gasteiger partial charge in [0, 0.05) is 12.1 Å². The Hall–Kier alpha value is -1.94. The van der Waals surface area contributed by atoms with Gasteiger partial charge in [0.2, 0.25) is 0 Å². The fraction of sp³-hybridized carbons (Fsp3) is 0.294. The monoisotopic (exact) mass is 291 g/mol. The molecule has 0 spiro atoms. The first-order valence-corrected chi connectivity index (χ1v) is 6.86. The molecule has 1 N–H and O–H groups in total. The maximum atomic E-state index is 13.2. The minimum absolute atomic E-state index is 0.0957. The Kier molecular flexibility index (Phi) is 5.28. The summed E-state index contributed by atoms with van der Waals surface area (Å²) >= 11 is 0. The number of likely N-dealkylation sites (N-methyl/N-ethyl adjacent to an activating group) is 1. The number of hydrogen-bond donors (Lipinski definition) is 1. The Morgan fingerprint density at radius 1 is 1.00 bits per heavy atom. The third-order valence-electron chi connectivity index (χ3n) is 3.43. The van der Waals surface area contributed by atoms with Gasteiger partial charge in [-0.3, -0.25) is 0 Å². The Labute approximate surface area is 123 Å². The van der Waals surface area contributed by atoms with Crippen LogP contribution in [0.4, 0.5) is 8.78 Å². The number of benzene rings is 2. The van der Waals surface area contributed by atoms with Gasteiger partial charge in [0.1, 0.15) is 17.4 Å². The van der Waals surface area contributed by atoms with E-state index in [-0.39, 0.29) is 6.04 Å². The summed E-state index contributed by atoms with van der Waals surface area (Å²) in [5, 5.41) is 3.19. The van der Waals surface area contributed by atoms with Crippen molar-refractivity contribution in [3.05, 3.63) is 65.2 Å². The van der Waals surface area contributed by atoms with Crippen molar-refractivity contribution in [2.75, 3.05) is 14.2 Å². The lowest BCUT2D eigenvalue weighted by molar-refractivity contribution is 0.414. The molecule has 0 amide bonds. The van der Waals surface area contributed by atoms with Gasteiger partial charge in [0.25, 0.3) is 0 Å². The third kappa shape index (κ3) is 4.53. The van der Waals surface area contributed by atoms with Crippen molar-refractivity contribution in [1.29, 1.82) is 0 Å². The SMILES string of the molecule is CNC(Cc1cc(F)cc(F)c1)Cc1cccc(OC)c1. The van der Waals surface area contributed by atoms with E-state index >= 15 is 0 Å². The zero-order valence-corrected chi connectivity index (χ0v) is 12.2. The Bertz CT molecular complexity index is 581. The van der Waals surface area contributed by atoms with Crippen molar-refractivity contribution in [2.24, 2.45) is 0 Å². The minimum atomic E-state index is -0.541. The Morgan fingerprint density at radius 2 is 1.67 bits per heavy atom. The summed E-state index contributed by atoms with van der Waals surface area (Å²) < 4.78 is 31.7. The number of hydrogen-bond acceptors (Lipinski definition) is 2. The topological polar surface area (TPSA) is 21.3 Å². The molecule has 0 aromatic heterocycles. The van der Waals surface area contributed by atoms with Gasteiger partial charge in [0.15, 0.2) is 0 Å². The number of nitrogens with one attached hydrogen (secondary N) is 1. The summed E-state index contributed by atoms with van der Waals surface area (Å²) in [4.78, 5) is 0. The predicted molar refractivity (Wildman–Crippen MR) is 79.6 cm³/mol. The third-order valence-corrected chi connectivity index (χ3v) is 3.43. The van der Waals surface area contributed by atoms with E-state index in [9.17, 15) is 8.78 Å². The lowest BCUT2D eigenvalue weighted by atomic mass is 9.99. The molecule has 0 bridgehead atoms. The van der Waals surface area contributed by atoms with Crippen LogP contribution in [0.1, 0.15) is 11.1 Å². The smallest absolute Gasteiger partial charge is 0.126 e. The van der Waals surface area contributed by atoms with Gasteiger partial charge in [-0.1, -0.05) is 12.1 Å². The lowest BCUT2D eigenvalue weighted by Gasteiger charge is -2.17. The molecule has 0 saturated carbocycles. The summed E-state index contributed by atoms with van der Waals surface area (Å²) in [5.41, 5.74) is 1.76. The normalized spacial score (nSPS) is 12.2. The molecule has 21 heavy (non-hydrogen) atoms. The van der Waals surface area contributed by atoms with Crippen LogP contribution in [0.15, 0.2) is 42.5 Å². The molecule has 2 rings (SSSR count). The van der Waals surface area contributed by atoms with Crippen LogP contribution in [0, 0.1) is 11.6 Å². The van der Waals surface area contributed by atoms with E-state index in [2.05, 4.69) is 5.32 Å². The van der Waals surface area contributed by atoms with Crippen molar-refractivity contribution < 1.29 is 13.5 Å². The van der Waals surface area contributed by atoms with Crippen molar-refractivity contribution in [2.45, 2.75) is 18.9 Å². The second-order valence-electron chi connectivity index (χ2n) is 5.02. The van der Waals surface area contributed by atoms with E-state index in [4.69, 9.17) is 4.74 Å². The highest BCUT2D eigenvalue weighted by molar-refractivity contribution is 5.29. The van der Waals surface area contributed by atoms with Gasteiger partial charge in [-0.25, -0.2) is 8.78 Å². The van der Waals surface area contributed by atoms with E-state index in [1.807, 2.05) is 31.3 Å². The average Bonchev–Trinajstić information content (AvgIpc) is 2.45. The van der Waals surface area contributed by atoms with E-state index in [1.54, 1.807) is 7.11 Å². The van der Waals surface area contributed by atoms with Gasteiger partial charge in [-0.15, -0.1) is 0 Å². The molecule has 1 unspecified atom stereocenters. The standard InChI is InChI=1S/C17H19F2NO/c1-20-16(8-12-4-3-5-17(10-12)21-2)9-13-6-14(18)11-15(19)7-13/h3-7,10-11,16,20H,8-9H2,1-2H3. The first-order valence-electron chi connectivity index (χ1n) is 6.86. The van der Waals surface area contributed by atoms with Crippen LogP contribution in [0.3, 0.4) is 0 Å². The molecule has 0 aliphatic heterocycles. The maximum absolute atomic E-state index is 13.2. The molecule has 2 nitrogen and oxygen atoms in total. The molecule has 4 heteroatoms. The number of methoxy groups -OCH3 is 1. The second-order valence-corrected chi connectivity index (χ2v) is 5.02. The molecule has 112 valence electrons. The van der Waals surface area contributed by atoms with Crippen molar-refractivity contribution >= 4 is 0 Å². The van der Waals surface area contributed by atoms with E-state index < -0.39 is 11.6 Å². The zero-order chi connectivity index (χ0) is 15.2. The van der Waals surface area contributed by atoms with Crippen LogP contribution in [-0.4, -0.2) is 20.2 Å². The summed E-state index contributed by atoms with van der Waals surface area (Å²) in [5.74, 6) is -0.276. The fourth-order valence-corrected chi connectivity index (χ4v) is 2.37. The Morgan fingerprint density at radius 3 is 2.29 bits per heavy atom. The molecule has 0 saturated heterocycles. The zero-order valence-electron chi connectivity index (χ0n) is 12.2. The second kappa shape index (κ2) is 7.18. The van der Waals surface area contributed by atoms with Gasteiger partial charge in [-0.2, -0.15) is 0 Å². The van der Waals surface area contributed by atoms with Crippen LogP contribution in [0.25, 0.3) is 0 Å². The summed E-state index contributed by atoms with van der Waals surface area (Å²) in [6.45, 7) is 0. The highest BCUT2D eigenvalue weighted by atomic mass is 19.1. The molecule has 2 aromatic rings. The molecule has 0 heterocycles. The molecule has 0 radical (unpaired) electrons. The quantitative estimate of drug-likeness (QED) is 0.881. The molecule has 0 fully saturated rings. The van der Waals surface area contributed by atoms with E-state index in [0.29, 0.717) is 12.0 Å². The summed E-state index contributed by atoms with van der Waals surface area (Å²) in [6, 6.07) is 11.5. The summed E-state index contributed by atoms with van der Waals surface area (Å²) in [7, 11) is 3.48. The van der Waals surface area contributed by atoms with Gasteiger partial charge in [-0.05, 0) is 55.3 Å². The molecule has 0 aliphatic carbocycles. The molecular weight excluding hydrogens is 272 g/mol. The number of ether oxygens (including phenoxy) is 1. The van der Waals surface area contributed by atoms with Crippen LogP contribution in [0.2, 0.25) is 0 Å². The fourth-order valence-electron chi connectivity index (χ4n) is 2.37. The molecule has 2 aromatic carbocycles. The van der Waals surface area contributed by atoms with Crippen molar-refractivity contribution in [1.82, 2.24) is 5.32 Å². The summed E-state index contributed by atoms with van der Waals surface area (Å²) in [6.07, 6.45) is 1.31. The number of halogens is 2. The predicted octanol–water partition coefficient (Wildman–Crippen LogP) is 3.35. The molecular formula is C17H19F2NO. The van der Waals surface area contributed by atoms with Gasteiger partial charge in [0.05, 0.1) is 7.11 Å². The highest BCUT2D eigenvalue weighted by Crippen LogP contribution is 2.16. The average molecular weight is 291 g/mol. The van der Waals surface area contributed by atoms with E-state index in [0.717, 1.165) is 23.8 Å². The van der Waals surface area contributed by atoms with Crippen molar-refractivity contribution in [3.63, 3.8) is 0 Å². The van der Waals surface area contributed by atoms with Crippen LogP contribution in [-0.2, 0) is 12.8 Å². The van der Waals surface area contributed by atoms with E-state index in [1.165, 1.54) is 12.1 Å². The van der Waals surface area contributed by atoms with Crippen LogP contribution < -0.4 is 10.1 Å². The maximum Gasteiger partial charge on any atom is 0.126 e. The number of rotatable bonds is 6. The molecule has 1 atom stereocenters. The first kappa shape index (κ1) is 15.4. The van der Waals surface area contributed by atoms with Crippen LogP contribution in [0.5, 0.6) is 5.75 Å². The minimum Gasteiger partial charge on any atom is -0.497 e. The largest absolute Gasteiger partial charge is 0.497 e. The van der Waals surface area contributed by atoms with Gasteiger partial charge >= 0.3 is 0 Å². The Balaban J connectivity index is 2.08.